The van der Waals surface area contributed by atoms with Crippen LogP contribution in [-0.4, -0.2) is 57.6 Å². The lowest BCUT2D eigenvalue weighted by molar-refractivity contribution is -0.140. The van der Waals surface area contributed by atoms with Crippen LogP contribution >= 0.6 is 0 Å². The SMILES string of the molecule is COc1ccc(CN(C(=O)CCCN(c2cccc(C(F)(F)F)c2)S(C)(=O)=O)C(C)C(=O)NCC(C)C)cc1. The van der Waals surface area contributed by atoms with E-state index in [9.17, 15) is 31.2 Å². The van der Waals surface area contributed by atoms with Crippen LogP contribution in [0.4, 0.5) is 18.9 Å². The molecule has 0 spiro atoms. The molecule has 39 heavy (non-hydrogen) atoms. The molecule has 1 unspecified atom stereocenters. The number of amides is 2. The minimum Gasteiger partial charge on any atom is -0.497 e. The number of anilines is 1. The number of rotatable bonds is 13. The van der Waals surface area contributed by atoms with Gasteiger partial charge in [0.1, 0.15) is 11.8 Å². The Morgan fingerprint density at radius 1 is 1.05 bits per heavy atom. The monoisotopic (exact) mass is 571 g/mol. The van der Waals surface area contributed by atoms with Crippen molar-refractivity contribution in [2.75, 3.05) is 30.8 Å². The van der Waals surface area contributed by atoms with Crippen molar-refractivity contribution in [3.63, 3.8) is 0 Å². The molecule has 0 saturated carbocycles. The smallest absolute Gasteiger partial charge is 0.416 e. The highest BCUT2D eigenvalue weighted by atomic mass is 32.2. The number of halogens is 3. The molecular formula is C27H36F3N3O5S. The van der Waals surface area contributed by atoms with Gasteiger partial charge in [0.2, 0.25) is 21.8 Å². The van der Waals surface area contributed by atoms with Crippen LogP contribution in [0.2, 0.25) is 0 Å². The first-order valence-electron chi connectivity index (χ1n) is 12.5. The van der Waals surface area contributed by atoms with Crippen LogP contribution in [0.15, 0.2) is 48.5 Å². The van der Waals surface area contributed by atoms with Crippen molar-refractivity contribution >= 4 is 27.5 Å². The predicted octanol–water partition coefficient (Wildman–Crippen LogP) is 4.45. The van der Waals surface area contributed by atoms with E-state index in [0.717, 1.165) is 34.3 Å². The molecule has 1 N–H and O–H groups in total. The van der Waals surface area contributed by atoms with E-state index < -0.39 is 33.7 Å². The van der Waals surface area contributed by atoms with Gasteiger partial charge in [-0.25, -0.2) is 8.42 Å². The molecule has 12 heteroatoms. The second-order valence-electron chi connectivity index (χ2n) is 9.67. The van der Waals surface area contributed by atoms with E-state index >= 15 is 0 Å². The van der Waals surface area contributed by atoms with Crippen LogP contribution in [0, 0.1) is 5.92 Å². The molecule has 0 bridgehead atoms. The van der Waals surface area contributed by atoms with Crippen LogP contribution in [0.3, 0.4) is 0 Å². The zero-order chi connectivity index (χ0) is 29.4. The average Bonchev–Trinajstić information content (AvgIpc) is 2.87. The lowest BCUT2D eigenvalue weighted by Gasteiger charge is -2.30. The van der Waals surface area contributed by atoms with Gasteiger partial charge in [0.25, 0.3) is 0 Å². The van der Waals surface area contributed by atoms with Gasteiger partial charge in [-0.1, -0.05) is 32.0 Å². The normalized spacial score (nSPS) is 12.6. The molecule has 2 aromatic carbocycles. The van der Waals surface area contributed by atoms with Crippen LogP contribution < -0.4 is 14.4 Å². The predicted molar refractivity (Wildman–Crippen MR) is 144 cm³/mol. The third-order valence-electron chi connectivity index (χ3n) is 5.98. The van der Waals surface area contributed by atoms with Gasteiger partial charge in [-0.3, -0.25) is 13.9 Å². The molecule has 0 heterocycles. The maximum Gasteiger partial charge on any atom is 0.416 e. The first kappa shape index (κ1) is 31.9. The Hall–Kier alpha value is -3.28. The minimum absolute atomic E-state index is 0.0294. The largest absolute Gasteiger partial charge is 0.497 e. The van der Waals surface area contributed by atoms with Gasteiger partial charge in [-0.2, -0.15) is 13.2 Å². The summed E-state index contributed by atoms with van der Waals surface area (Å²) >= 11 is 0. The van der Waals surface area contributed by atoms with Crippen LogP contribution in [0.1, 0.15) is 44.7 Å². The van der Waals surface area contributed by atoms with E-state index in [1.165, 1.54) is 18.1 Å². The molecule has 2 rings (SSSR count). The van der Waals surface area contributed by atoms with Crippen LogP contribution in [0.5, 0.6) is 5.75 Å². The second kappa shape index (κ2) is 13.7. The summed E-state index contributed by atoms with van der Waals surface area (Å²) in [6.45, 7) is 5.86. The van der Waals surface area contributed by atoms with Crippen molar-refractivity contribution in [2.45, 2.75) is 52.4 Å². The number of carbonyl (C=O) groups excluding carboxylic acids is 2. The zero-order valence-electron chi connectivity index (χ0n) is 22.8. The van der Waals surface area contributed by atoms with Gasteiger partial charge in [0.05, 0.1) is 24.6 Å². The molecule has 216 valence electrons. The molecule has 2 aromatic rings. The lowest BCUT2D eigenvalue weighted by Crippen LogP contribution is -2.48. The first-order valence-corrected chi connectivity index (χ1v) is 14.3. The molecular weight excluding hydrogens is 535 g/mol. The summed E-state index contributed by atoms with van der Waals surface area (Å²) < 4.78 is 70.4. The number of carbonyl (C=O) groups is 2. The Labute approximate surface area is 228 Å². The maximum absolute atomic E-state index is 13.3. The molecule has 0 aliphatic rings. The quantitative estimate of drug-likeness (QED) is 0.383. The van der Waals surface area contributed by atoms with E-state index in [1.54, 1.807) is 31.2 Å². The van der Waals surface area contributed by atoms with Crippen molar-refractivity contribution in [1.29, 1.82) is 0 Å². The van der Waals surface area contributed by atoms with Crippen molar-refractivity contribution in [1.82, 2.24) is 10.2 Å². The lowest BCUT2D eigenvalue weighted by atomic mass is 10.1. The van der Waals surface area contributed by atoms with Gasteiger partial charge in [0, 0.05) is 26.1 Å². The Kier molecular flexibility index (Phi) is 11.2. The number of nitrogens with one attached hydrogen (secondary N) is 1. The number of nitrogens with zero attached hydrogens (tertiary/aromatic N) is 2. The van der Waals surface area contributed by atoms with Gasteiger partial charge >= 0.3 is 6.18 Å². The number of alkyl halides is 3. The molecule has 2 amide bonds. The van der Waals surface area contributed by atoms with E-state index in [2.05, 4.69) is 5.32 Å². The van der Waals surface area contributed by atoms with Crippen LogP contribution in [0.25, 0.3) is 0 Å². The standard InChI is InChI=1S/C27H36F3N3O5S/c1-19(2)17-31-26(35)20(3)32(18-21-11-13-24(38-4)14-12-21)25(34)10-7-15-33(39(5,36)37)23-9-6-8-22(16-23)27(28,29)30/h6,8-9,11-14,16,19-20H,7,10,15,17-18H2,1-5H3,(H,31,35). The summed E-state index contributed by atoms with van der Waals surface area (Å²) in [5.74, 6) is 0.127. The maximum atomic E-state index is 13.3. The second-order valence-corrected chi connectivity index (χ2v) is 11.6. The van der Waals surface area contributed by atoms with Gasteiger partial charge in [0.15, 0.2) is 0 Å². The highest BCUT2D eigenvalue weighted by Gasteiger charge is 2.32. The third kappa shape index (κ3) is 9.76. The summed E-state index contributed by atoms with van der Waals surface area (Å²) in [7, 11) is -2.40. The third-order valence-corrected chi connectivity index (χ3v) is 7.17. The summed E-state index contributed by atoms with van der Waals surface area (Å²) in [6, 6.07) is 10.2. The molecule has 0 aliphatic carbocycles. The van der Waals surface area contributed by atoms with Gasteiger partial charge in [-0.15, -0.1) is 0 Å². The van der Waals surface area contributed by atoms with Crippen molar-refractivity contribution in [2.24, 2.45) is 5.92 Å². The Bertz CT molecular complexity index is 1220. The van der Waals surface area contributed by atoms with E-state index in [4.69, 9.17) is 4.74 Å². The van der Waals surface area contributed by atoms with Crippen molar-refractivity contribution in [3.05, 3.63) is 59.7 Å². The number of sulfonamides is 1. The van der Waals surface area contributed by atoms with Gasteiger partial charge < -0.3 is 15.0 Å². The molecule has 0 saturated heterocycles. The van der Waals surface area contributed by atoms with Crippen molar-refractivity contribution in [3.8, 4) is 5.75 Å². The summed E-state index contributed by atoms with van der Waals surface area (Å²) in [5.41, 5.74) is -0.359. The average molecular weight is 572 g/mol. The number of hydrogen-bond donors (Lipinski definition) is 1. The van der Waals surface area contributed by atoms with Gasteiger partial charge in [-0.05, 0) is 55.2 Å². The Balaban J connectivity index is 2.21. The fourth-order valence-corrected chi connectivity index (χ4v) is 4.76. The molecule has 1 atom stereocenters. The Morgan fingerprint density at radius 3 is 2.23 bits per heavy atom. The fraction of sp³-hybridized carbons (Fsp3) is 0.481. The number of hydrogen-bond acceptors (Lipinski definition) is 5. The highest BCUT2D eigenvalue weighted by Crippen LogP contribution is 2.32. The van der Waals surface area contributed by atoms with Crippen LogP contribution in [-0.2, 0) is 32.3 Å². The summed E-state index contributed by atoms with van der Waals surface area (Å²) in [4.78, 5) is 27.5. The molecule has 0 fully saturated rings. The number of ether oxygens (including phenoxy) is 1. The first-order chi connectivity index (χ1) is 18.1. The fourth-order valence-electron chi connectivity index (χ4n) is 3.80. The zero-order valence-corrected chi connectivity index (χ0v) is 23.6. The van der Waals surface area contributed by atoms with E-state index in [1.807, 2.05) is 13.8 Å². The molecule has 0 radical (unpaired) electrons. The topological polar surface area (TPSA) is 96.0 Å². The molecule has 8 nitrogen and oxygen atoms in total. The van der Waals surface area contributed by atoms with E-state index in [0.29, 0.717) is 12.3 Å². The summed E-state index contributed by atoms with van der Waals surface area (Å²) in [6.07, 6.45) is -3.83. The highest BCUT2D eigenvalue weighted by molar-refractivity contribution is 7.92. The Morgan fingerprint density at radius 2 is 1.69 bits per heavy atom. The molecule has 0 aliphatic heterocycles. The van der Waals surface area contributed by atoms with E-state index in [-0.39, 0.29) is 43.4 Å². The number of methoxy groups -OCH3 is 1. The van der Waals surface area contributed by atoms with Crippen molar-refractivity contribution < 1.29 is 35.9 Å². The summed E-state index contributed by atoms with van der Waals surface area (Å²) in [5, 5.41) is 2.82. The minimum atomic E-state index is -4.64. The number of benzene rings is 2. The molecule has 0 aromatic heterocycles.